The van der Waals surface area contributed by atoms with Crippen LogP contribution < -0.4 is 0 Å². The summed E-state index contributed by atoms with van der Waals surface area (Å²) in [7, 11) is 0. The maximum absolute atomic E-state index is 12.1. The number of carbonyl (C=O) groups excluding carboxylic acids is 1. The molecule has 0 spiro atoms. The normalized spacial score (nSPS) is 15.8. The van der Waals surface area contributed by atoms with Crippen LogP contribution in [0.4, 0.5) is 0 Å². The first kappa shape index (κ1) is 17.2. The van der Waals surface area contributed by atoms with E-state index in [4.69, 9.17) is 16.3 Å². The van der Waals surface area contributed by atoms with Gasteiger partial charge in [-0.1, -0.05) is 49.7 Å². The van der Waals surface area contributed by atoms with Crippen LogP contribution >= 0.6 is 34.2 Å². The second-order valence-corrected chi connectivity index (χ2v) is 7.43. The van der Waals surface area contributed by atoms with Crippen molar-refractivity contribution in [3.05, 3.63) is 73.4 Å². The van der Waals surface area contributed by atoms with Crippen molar-refractivity contribution in [2.24, 2.45) is 4.99 Å². The average Bonchev–Trinajstić information content (AvgIpc) is 2.91. The van der Waals surface area contributed by atoms with E-state index in [9.17, 15) is 4.79 Å². The predicted molar refractivity (Wildman–Crippen MR) is 105 cm³/mol. The Bertz CT molecular complexity index is 854. The van der Waals surface area contributed by atoms with E-state index < -0.39 is 5.97 Å². The Morgan fingerprint density at radius 3 is 2.54 bits per heavy atom. The van der Waals surface area contributed by atoms with Gasteiger partial charge in [-0.2, -0.15) is 0 Å². The number of nitrogens with zero attached hydrogens (tertiary/aromatic N) is 1. The summed E-state index contributed by atoms with van der Waals surface area (Å²) in [4.78, 5) is 16.4. The van der Waals surface area contributed by atoms with Gasteiger partial charge in [-0.3, -0.25) is 0 Å². The maximum atomic E-state index is 12.1. The van der Waals surface area contributed by atoms with Crippen LogP contribution in [0.2, 0.25) is 5.02 Å². The van der Waals surface area contributed by atoms with Gasteiger partial charge in [0.15, 0.2) is 5.70 Å². The zero-order chi connectivity index (χ0) is 17.3. The van der Waals surface area contributed by atoms with Crippen molar-refractivity contribution in [3.8, 4) is 0 Å². The summed E-state index contributed by atoms with van der Waals surface area (Å²) in [6.45, 7) is 4.28. The van der Waals surface area contributed by atoms with Crippen molar-refractivity contribution in [2.75, 3.05) is 0 Å². The smallest absolute Gasteiger partial charge is 0.363 e. The van der Waals surface area contributed by atoms with Crippen LogP contribution in [0.15, 0.2) is 53.2 Å². The Kier molecular flexibility index (Phi) is 5.06. The highest BCUT2D eigenvalue weighted by Crippen LogP contribution is 2.25. The molecule has 3 rings (SSSR count). The van der Waals surface area contributed by atoms with Crippen molar-refractivity contribution < 1.29 is 9.53 Å². The molecule has 1 aliphatic heterocycles. The van der Waals surface area contributed by atoms with Crippen LogP contribution in [0.3, 0.4) is 0 Å². The molecule has 0 bridgehead atoms. The van der Waals surface area contributed by atoms with Crippen molar-refractivity contribution in [1.29, 1.82) is 0 Å². The fourth-order valence-corrected chi connectivity index (χ4v) is 3.01. The molecule has 0 radical (unpaired) electrons. The Morgan fingerprint density at radius 2 is 1.88 bits per heavy atom. The van der Waals surface area contributed by atoms with E-state index in [1.54, 1.807) is 12.1 Å². The van der Waals surface area contributed by atoms with Gasteiger partial charge in [-0.05, 0) is 63.9 Å². The molecule has 0 N–H and O–H groups in total. The summed E-state index contributed by atoms with van der Waals surface area (Å²) in [6.07, 6.45) is 1.72. The lowest BCUT2D eigenvalue weighted by atomic mass is 10.0. The highest BCUT2D eigenvalue weighted by molar-refractivity contribution is 14.1. The standard InChI is InChI=1S/C19H15ClINO2/c1-11(2)13-5-3-12(4-6-13)9-17-19(23)24-18(22-17)15-10-14(21)7-8-16(15)20/h3-11H,1-2H3/b17-9-. The van der Waals surface area contributed by atoms with Crippen molar-refractivity contribution in [1.82, 2.24) is 0 Å². The fourth-order valence-electron chi connectivity index (χ4n) is 2.32. The lowest BCUT2D eigenvalue weighted by molar-refractivity contribution is -0.129. The molecule has 2 aromatic carbocycles. The topological polar surface area (TPSA) is 38.7 Å². The van der Waals surface area contributed by atoms with E-state index >= 15 is 0 Å². The average molecular weight is 452 g/mol. The molecule has 5 heteroatoms. The van der Waals surface area contributed by atoms with Gasteiger partial charge in [0.2, 0.25) is 5.90 Å². The number of benzene rings is 2. The molecule has 1 aliphatic rings. The van der Waals surface area contributed by atoms with E-state index in [1.165, 1.54) is 5.56 Å². The molecule has 3 nitrogen and oxygen atoms in total. The van der Waals surface area contributed by atoms with Gasteiger partial charge in [0.05, 0.1) is 10.6 Å². The summed E-state index contributed by atoms with van der Waals surface area (Å²) < 4.78 is 6.28. The molecule has 0 aliphatic carbocycles. The first-order valence-corrected chi connectivity index (χ1v) is 8.97. The quantitative estimate of drug-likeness (QED) is 0.355. The van der Waals surface area contributed by atoms with Crippen LogP contribution in [0.25, 0.3) is 6.08 Å². The highest BCUT2D eigenvalue weighted by Gasteiger charge is 2.25. The Balaban J connectivity index is 1.92. The van der Waals surface area contributed by atoms with Crippen LogP contribution in [-0.2, 0) is 9.53 Å². The largest absolute Gasteiger partial charge is 0.402 e. The number of halogens is 2. The first-order chi connectivity index (χ1) is 11.4. The zero-order valence-electron chi connectivity index (χ0n) is 13.2. The summed E-state index contributed by atoms with van der Waals surface area (Å²) in [5, 5.41) is 0.504. The molecule has 0 saturated carbocycles. The van der Waals surface area contributed by atoms with E-state index in [0.717, 1.165) is 9.13 Å². The molecule has 24 heavy (non-hydrogen) atoms. The van der Waals surface area contributed by atoms with E-state index in [0.29, 0.717) is 16.5 Å². The van der Waals surface area contributed by atoms with Gasteiger partial charge < -0.3 is 4.74 Å². The predicted octanol–water partition coefficient (Wildman–Crippen LogP) is 5.41. The summed E-state index contributed by atoms with van der Waals surface area (Å²) in [5.41, 5.74) is 3.05. The fraction of sp³-hybridized carbons (Fsp3) is 0.158. The van der Waals surface area contributed by atoms with Crippen LogP contribution in [0.1, 0.15) is 36.5 Å². The molecule has 0 unspecified atom stereocenters. The molecule has 0 fully saturated rings. The minimum atomic E-state index is -0.465. The van der Waals surface area contributed by atoms with Gasteiger partial charge in [-0.25, -0.2) is 9.79 Å². The minimum absolute atomic E-state index is 0.244. The molecule has 2 aromatic rings. The Labute approximate surface area is 159 Å². The minimum Gasteiger partial charge on any atom is -0.402 e. The van der Waals surface area contributed by atoms with Gasteiger partial charge in [0, 0.05) is 3.57 Å². The third-order valence-corrected chi connectivity index (χ3v) is 4.69. The number of ether oxygens (including phenoxy) is 1. The van der Waals surface area contributed by atoms with Crippen LogP contribution in [-0.4, -0.2) is 11.9 Å². The summed E-state index contributed by atoms with van der Waals surface area (Å²) in [6, 6.07) is 13.5. The monoisotopic (exact) mass is 451 g/mol. The molecule has 0 aromatic heterocycles. The molecule has 122 valence electrons. The molecular weight excluding hydrogens is 437 g/mol. The van der Waals surface area contributed by atoms with E-state index in [-0.39, 0.29) is 11.6 Å². The Hall–Kier alpha value is -1.66. The summed E-state index contributed by atoms with van der Waals surface area (Å²) in [5.74, 6) is 0.247. The number of rotatable bonds is 3. The number of carbonyl (C=O) groups is 1. The lowest BCUT2D eigenvalue weighted by Crippen LogP contribution is -2.06. The Morgan fingerprint density at radius 1 is 1.17 bits per heavy atom. The third-order valence-electron chi connectivity index (χ3n) is 3.69. The maximum Gasteiger partial charge on any atom is 0.363 e. The number of hydrogen-bond acceptors (Lipinski definition) is 3. The zero-order valence-corrected chi connectivity index (χ0v) is 16.1. The third kappa shape index (κ3) is 3.70. The van der Waals surface area contributed by atoms with E-state index in [1.807, 2.05) is 24.3 Å². The molecule has 0 amide bonds. The summed E-state index contributed by atoms with van der Waals surface area (Å²) >= 11 is 8.36. The second-order valence-electron chi connectivity index (χ2n) is 5.78. The SMILES string of the molecule is CC(C)c1ccc(/C=C2\N=C(c3cc(I)ccc3Cl)OC2=O)cc1. The van der Waals surface area contributed by atoms with E-state index in [2.05, 4.69) is 53.6 Å². The number of aliphatic imine (C=N–C) groups is 1. The molecular formula is C19H15ClINO2. The van der Waals surface area contributed by atoms with Crippen LogP contribution in [0, 0.1) is 3.57 Å². The molecule has 0 atom stereocenters. The number of esters is 1. The van der Waals surface area contributed by atoms with Gasteiger partial charge in [0.25, 0.3) is 0 Å². The van der Waals surface area contributed by atoms with Gasteiger partial charge in [-0.15, -0.1) is 0 Å². The van der Waals surface area contributed by atoms with Gasteiger partial charge in [0.1, 0.15) is 0 Å². The molecule has 0 saturated heterocycles. The van der Waals surface area contributed by atoms with Gasteiger partial charge >= 0.3 is 5.97 Å². The molecule has 1 heterocycles. The number of hydrogen-bond donors (Lipinski definition) is 0. The number of cyclic esters (lactones) is 1. The van der Waals surface area contributed by atoms with Crippen molar-refractivity contribution in [3.63, 3.8) is 0 Å². The second kappa shape index (κ2) is 7.07. The van der Waals surface area contributed by atoms with Crippen molar-refractivity contribution >= 4 is 52.1 Å². The van der Waals surface area contributed by atoms with Crippen LogP contribution in [0.5, 0.6) is 0 Å². The van der Waals surface area contributed by atoms with Crippen molar-refractivity contribution in [2.45, 2.75) is 19.8 Å². The highest BCUT2D eigenvalue weighted by atomic mass is 127. The lowest BCUT2D eigenvalue weighted by Gasteiger charge is -2.04. The first-order valence-electron chi connectivity index (χ1n) is 7.52.